The fourth-order valence-electron chi connectivity index (χ4n) is 3.48. The van der Waals surface area contributed by atoms with Gasteiger partial charge in [0.05, 0.1) is 5.92 Å². The number of nitrogens with one attached hydrogen (secondary N) is 1. The summed E-state index contributed by atoms with van der Waals surface area (Å²) in [7, 11) is 0. The molecule has 29 heavy (non-hydrogen) atoms. The van der Waals surface area contributed by atoms with E-state index in [1.165, 1.54) is 4.90 Å². The van der Waals surface area contributed by atoms with Crippen LogP contribution in [0.3, 0.4) is 0 Å². The fraction of sp³-hybridized carbons (Fsp3) is 0.500. The predicted molar refractivity (Wildman–Crippen MR) is 109 cm³/mol. The minimum absolute atomic E-state index is 0.238. The summed E-state index contributed by atoms with van der Waals surface area (Å²) in [5.41, 5.74) is 0.764. The van der Waals surface area contributed by atoms with Crippen LogP contribution in [-0.4, -0.2) is 52.5 Å². The van der Waals surface area contributed by atoms with E-state index >= 15 is 0 Å². The molecule has 1 amide bonds. The molecule has 0 spiro atoms. The molecule has 1 fully saturated rings. The van der Waals surface area contributed by atoms with E-state index in [2.05, 4.69) is 4.98 Å². The van der Waals surface area contributed by atoms with Gasteiger partial charge in [-0.1, -0.05) is 18.2 Å². The first kappa shape index (κ1) is 20.9. The molecule has 3 rings (SSSR count). The van der Waals surface area contributed by atoms with Gasteiger partial charge in [0.15, 0.2) is 6.10 Å². The number of rotatable bonds is 4. The number of aromatic nitrogens is 1. The third-order valence-electron chi connectivity index (χ3n) is 4.92. The Balaban J connectivity index is 1.61. The van der Waals surface area contributed by atoms with Crippen molar-refractivity contribution in [1.29, 1.82) is 0 Å². The van der Waals surface area contributed by atoms with Crippen molar-refractivity contribution in [1.82, 2.24) is 9.88 Å². The summed E-state index contributed by atoms with van der Waals surface area (Å²) in [5.74, 6) is -1.18. The van der Waals surface area contributed by atoms with Gasteiger partial charge in [0, 0.05) is 35.8 Å². The van der Waals surface area contributed by atoms with Gasteiger partial charge in [0.2, 0.25) is 5.78 Å². The molecule has 1 aliphatic rings. The number of aromatic amines is 1. The SMILES string of the molecule is C[C@H](OC(=O)[C@H]1CCCN(C(=O)OC(C)(C)C)C1)C(=O)c1c[nH]c2ccccc12. The Morgan fingerprint density at radius 3 is 2.66 bits per heavy atom. The number of ketones is 1. The first-order chi connectivity index (χ1) is 13.7. The molecule has 2 heterocycles. The Bertz CT molecular complexity index is 911. The molecular formula is C22H28N2O5. The number of piperidine rings is 1. The van der Waals surface area contributed by atoms with Gasteiger partial charge in [0.25, 0.3) is 0 Å². The zero-order chi connectivity index (χ0) is 21.2. The lowest BCUT2D eigenvalue weighted by molar-refractivity contribution is -0.152. The predicted octanol–water partition coefficient (Wildman–Crippen LogP) is 3.93. The van der Waals surface area contributed by atoms with Crippen LogP contribution in [0.2, 0.25) is 0 Å². The smallest absolute Gasteiger partial charge is 0.410 e. The number of amides is 1. The maximum Gasteiger partial charge on any atom is 0.410 e. The van der Waals surface area contributed by atoms with Crippen LogP contribution < -0.4 is 0 Å². The summed E-state index contributed by atoms with van der Waals surface area (Å²) in [5, 5.41) is 0.800. The first-order valence-corrected chi connectivity index (χ1v) is 9.94. The average molecular weight is 400 g/mol. The third kappa shape index (κ3) is 4.96. The normalized spacial score (nSPS) is 18.3. The van der Waals surface area contributed by atoms with Gasteiger partial charge in [-0.15, -0.1) is 0 Å². The highest BCUT2D eigenvalue weighted by atomic mass is 16.6. The molecule has 1 aliphatic heterocycles. The molecule has 0 unspecified atom stereocenters. The topological polar surface area (TPSA) is 88.7 Å². The third-order valence-corrected chi connectivity index (χ3v) is 4.92. The highest BCUT2D eigenvalue weighted by Crippen LogP contribution is 2.23. The van der Waals surface area contributed by atoms with Crippen molar-refractivity contribution in [3.8, 4) is 0 Å². The van der Waals surface area contributed by atoms with Crippen LogP contribution in [0, 0.1) is 5.92 Å². The number of carbonyl (C=O) groups is 3. The van der Waals surface area contributed by atoms with E-state index in [0.717, 1.165) is 10.9 Å². The van der Waals surface area contributed by atoms with Crippen LogP contribution in [0.4, 0.5) is 4.79 Å². The molecule has 1 aromatic carbocycles. The van der Waals surface area contributed by atoms with Crippen molar-refractivity contribution in [2.75, 3.05) is 13.1 Å². The van der Waals surface area contributed by atoms with Crippen LogP contribution in [0.15, 0.2) is 30.5 Å². The van der Waals surface area contributed by atoms with Crippen molar-refractivity contribution in [3.05, 3.63) is 36.0 Å². The number of ether oxygens (including phenoxy) is 2. The van der Waals surface area contributed by atoms with E-state index < -0.39 is 29.7 Å². The Labute approximate surface area is 170 Å². The quantitative estimate of drug-likeness (QED) is 0.620. The van der Waals surface area contributed by atoms with E-state index in [0.29, 0.717) is 24.9 Å². The number of likely N-dealkylation sites (tertiary alicyclic amines) is 1. The molecule has 7 heteroatoms. The lowest BCUT2D eigenvalue weighted by Gasteiger charge is -2.33. The van der Waals surface area contributed by atoms with Crippen molar-refractivity contribution >= 4 is 28.7 Å². The molecular weight excluding hydrogens is 372 g/mol. The van der Waals surface area contributed by atoms with Crippen LogP contribution in [0.1, 0.15) is 50.9 Å². The number of nitrogens with zero attached hydrogens (tertiary/aromatic N) is 1. The maximum absolute atomic E-state index is 12.8. The molecule has 2 atom stereocenters. The monoisotopic (exact) mass is 400 g/mol. The standard InChI is InChI=1S/C22H28N2O5/c1-14(19(25)17-12-23-18-10-6-5-9-16(17)18)28-20(26)15-8-7-11-24(13-15)21(27)29-22(2,3)4/h5-6,9-10,12,14-15,23H,7-8,11,13H2,1-4H3/t14-,15-/m0/s1. The van der Waals surface area contributed by atoms with E-state index in [1.54, 1.807) is 33.9 Å². The highest BCUT2D eigenvalue weighted by Gasteiger charge is 2.33. The van der Waals surface area contributed by atoms with Gasteiger partial charge in [-0.3, -0.25) is 9.59 Å². The van der Waals surface area contributed by atoms with E-state index in [9.17, 15) is 14.4 Å². The summed E-state index contributed by atoms with van der Waals surface area (Å²) < 4.78 is 10.9. The average Bonchev–Trinajstić information content (AvgIpc) is 3.10. The van der Waals surface area contributed by atoms with E-state index in [-0.39, 0.29) is 12.3 Å². The van der Waals surface area contributed by atoms with Crippen molar-refractivity contribution < 1.29 is 23.9 Å². The summed E-state index contributed by atoms with van der Waals surface area (Å²) >= 11 is 0. The number of carbonyl (C=O) groups excluding carboxylic acids is 3. The molecule has 156 valence electrons. The molecule has 0 aliphatic carbocycles. The van der Waals surface area contributed by atoms with E-state index in [4.69, 9.17) is 9.47 Å². The molecule has 1 N–H and O–H groups in total. The zero-order valence-corrected chi connectivity index (χ0v) is 17.4. The molecule has 0 saturated carbocycles. The number of fused-ring (bicyclic) bond motifs is 1. The highest BCUT2D eigenvalue weighted by molar-refractivity contribution is 6.10. The summed E-state index contributed by atoms with van der Waals surface area (Å²) in [4.78, 5) is 42.3. The molecule has 1 aromatic heterocycles. The lowest BCUT2D eigenvalue weighted by atomic mass is 9.98. The van der Waals surface area contributed by atoms with Gasteiger partial charge in [0.1, 0.15) is 5.60 Å². The maximum atomic E-state index is 12.8. The Morgan fingerprint density at radius 1 is 1.21 bits per heavy atom. The van der Waals surface area contributed by atoms with Crippen LogP contribution in [0.5, 0.6) is 0 Å². The largest absolute Gasteiger partial charge is 0.454 e. The van der Waals surface area contributed by atoms with Crippen LogP contribution in [0.25, 0.3) is 10.9 Å². The number of benzene rings is 1. The lowest BCUT2D eigenvalue weighted by Crippen LogP contribution is -2.45. The second-order valence-electron chi connectivity index (χ2n) is 8.46. The Kier molecular flexibility index (Phi) is 5.96. The number of para-hydroxylation sites is 1. The molecule has 7 nitrogen and oxygen atoms in total. The minimum atomic E-state index is -0.904. The number of Topliss-reactive ketones (excluding diaryl/α,β-unsaturated/α-hetero) is 1. The second-order valence-corrected chi connectivity index (χ2v) is 8.46. The second kappa shape index (κ2) is 8.27. The number of esters is 1. The summed E-state index contributed by atoms with van der Waals surface area (Å²) in [6.07, 6.45) is 1.61. The van der Waals surface area contributed by atoms with Gasteiger partial charge < -0.3 is 19.4 Å². The molecule has 0 bridgehead atoms. The Morgan fingerprint density at radius 2 is 1.93 bits per heavy atom. The summed E-state index contributed by atoms with van der Waals surface area (Å²) in [6.45, 7) is 7.77. The van der Waals surface area contributed by atoms with Crippen molar-refractivity contribution in [2.24, 2.45) is 5.92 Å². The molecule has 2 aromatic rings. The van der Waals surface area contributed by atoms with Gasteiger partial charge >= 0.3 is 12.1 Å². The van der Waals surface area contributed by atoms with Gasteiger partial charge in [-0.05, 0) is 46.6 Å². The first-order valence-electron chi connectivity index (χ1n) is 9.94. The zero-order valence-electron chi connectivity index (χ0n) is 17.4. The Hall–Kier alpha value is -2.83. The fourth-order valence-corrected chi connectivity index (χ4v) is 3.48. The molecule has 0 radical (unpaired) electrons. The molecule has 1 saturated heterocycles. The number of hydrogen-bond donors (Lipinski definition) is 1. The van der Waals surface area contributed by atoms with E-state index in [1.807, 2.05) is 24.3 Å². The van der Waals surface area contributed by atoms with Crippen LogP contribution >= 0.6 is 0 Å². The summed E-state index contributed by atoms with van der Waals surface area (Å²) in [6, 6.07) is 7.48. The number of hydrogen-bond acceptors (Lipinski definition) is 5. The van der Waals surface area contributed by atoms with Gasteiger partial charge in [-0.25, -0.2) is 4.79 Å². The minimum Gasteiger partial charge on any atom is -0.454 e. The van der Waals surface area contributed by atoms with Gasteiger partial charge in [-0.2, -0.15) is 0 Å². The van der Waals surface area contributed by atoms with Crippen molar-refractivity contribution in [2.45, 2.75) is 52.2 Å². The number of H-pyrrole nitrogens is 1. The van der Waals surface area contributed by atoms with Crippen LogP contribution in [-0.2, 0) is 14.3 Å². The van der Waals surface area contributed by atoms with Crippen molar-refractivity contribution in [3.63, 3.8) is 0 Å².